The predicted octanol–water partition coefficient (Wildman–Crippen LogP) is 9.88. The predicted molar refractivity (Wildman–Crippen MR) is 188 cm³/mol. The summed E-state index contributed by atoms with van der Waals surface area (Å²) >= 11 is 0. The molecule has 0 radical (unpaired) electrons. The van der Waals surface area contributed by atoms with Crippen molar-refractivity contribution < 1.29 is 28.5 Å². The van der Waals surface area contributed by atoms with E-state index < -0.39 is 12.3 Å². The van der Waals surface area contributed by atoms with Gasteiger partial charge in [-0.1, -0.05) is 128 Å². The second kappa shape index (κ2) is 17.3. The maximum atomic E-state index is 12.2. The Bertz CT molecular complexity index is 1950. The van der Waals surface area contributed by atoms with Crippen LogP contribution in [0, 0.1) is 0 Å². The van der Waals surface area contributed by atoms with E-state index in [0.29, 0.717) is 11.5 Å². The van der Waals surface area contributed by atoms with E-state index in [2.05, 4.69) is 18.7 Å². The lowest BCUT2D eigenvalue weighted by atomic mass is 10.0. The minimum Gasteiger partial charge on any atom is -0.458 e. The topological polar surface area (TPSA) is 71.1 Å². The minimum absolute atomic E-state index is 0.185. The van der Waals surface area contributed by atoms with Crippen molar-refractivity contribution in [3.8, 4) is 17.2 Å². The molecule has 6 nitrogen and oxygen atoms in total. The SMILES string of the molecule is C=CC(=O)OC(Oc1ccccc1)c1ccccc1.O=C(C=Cc1cccc2ccccc12)OCc1cccc(Oc2ccccc2)c1. The summed E-state index contributed by atoms with van der Waals surface area (Å²) in [6.07, 6.45) is 3.59. The molecule has 0 bridgehead atoms. The molecule has 6 aromatic rings. The second-order valence-corrected chi connectivity index (χ2v) is 10.4. The van der Waals surface area contributed by atoms with E-state index in [1.165, 1.54) is 6.08 Å². The zero-order chi connectivity index (χ0) is 33.4. The standard InChI is InChI=1S/C26H20O3.C16H14O3/c27-26(17-16-22-11-7-10-21-9-4-5-15-25(21)22)28-19-20-8-6-14-24(18-20)29-23-12-2-1-3-13-23;1-2-15(17)19-16(13-9-5-3-6-10-13)18-14-11-7-4-8-12-14/h1-18H,19H2;2-12,16H,1H2. The molecule has 48 heavy (non-hydrogen) atoms. The number of benzene rings is 6. The Balaban J connectivity index is 0.000000206. The van der Waals surface area contributed by atoms with Crippen LogP contribution in [0.2, 0.25) is 0 Å². The van der Waals surface area contributed by atoms with Gasteiger partial charge in [0.05, 0.1) is 0 Å². The summed E-state index contributed by atoms with van der Waals surface area (Å²) in [5.41, 5.74) is 2.62. The average Bonchev–Trinajstić information content (AvgIpc) is 3.14. The lowest BCUT2D eigenvalue weighted by Crippen LogP contribution is -2.15. The van der Waals surface area contributed by atoms with Crippen molar-refractivity contribution in [2.75, 3.05) is 0 Å². The van der Waals surface area contributed by atoms with E-state index in [1.807, 2.05) is 133 Å². The Morgan fingerprint density at radius 1 is 0.625 bits per heavy atom. The Labute approximate surface area is 280 Å². The zero-order valence-electron chi connectivity index (χ0n) is 26.2. The molecule has 6 rings (SSSR count). The molecule has 1 unspecified atom stereocenters. The number of hydrogen-bond donors (Lipinski definition) is 0. The molecule has 0 fully saturated rings. The quantitative estimate of drug-likeness (QED) is 0.0803. The molecule has 0 aromatic heterocycles. The van der Waals surface area contributed by atoms with Crippen LogP contribution >= 0.6 is 0 Å². The van der Waals surface area contributed by atoms with Crippen molar-refractivity contribution in [3.63, 3.8) is 0 Å². The fraction of sp³-hybridized carbons (Fsp3) is 0.0476. The van der Waals surface area contributed by atoms with Gasteiger partial charge in [-0.2, -0.15) is 0 Å². The molecule has 0 heterocycles. The van der Waals surface area contributed by atoms with Crippen molar-refractivity contribution in [2.45, 2.75) is 12.9 Å². The molecule has 238 valence electrons. The average molecular weight is 635 g/mol. The fourth-order valence-electron chi connectivity index (χ4n) is 4.63. The zero-order valence-corrected chi connectivity index (χ0v) is 26.2. The van der Waals surface area contributed by atoms with Crippen LogP contribution in [-0.2, 0) is 25.7 Å². The van der Waals surface area contributed by atoms with E-state index in [1.54, 1.807) is 18.2 Å². The molecule has 1 atom stereocenters. The minimum atomic E-state index is -0.783. The van der Waals surface area contributed by atoms with Crippen LogP contribution in [0.5, 0.6) is 17.2 Å². The van der Waals surface area contributed by atoms with Crippen LogP contribution in [0.25, 0.3) is 16.8 Å². The molecule has 0 aliphatic heterocycles. The molecule has 6 heteroatoms. The highest BCUT2D eigenvalue weighted by Crippen LogP contribution is 2.24. The van der Waals surface area contributed by atoms with Gasteiger partial charge in [0.25, 0.3) is 6.29 Å². The van der Waals surface area contributed by atoms with E-state index in [4.69, 9.17) is 18.9 Å². The monoisotopic (exact) mass is 634 g/mol. The number of fused-ring (bicyclic) bond motifs is 1. The summed E-state index contributed by atoms with van der Waals surface area (Å²) in [5, 5.41) is 2.24. The third-order valence-electron chi connectivity index (χ3n) is 6.93. The van der Waals surface area contributed by atoms with Crippen molar-refractivity contribution in [2.24, 2.45) is 0 Å². The molecule has 0 spiro atoms. The highest BCUT2D eigenvalue weighted by atomic mass is 16.7. The maximum Gasteiger partial charge on any atom is 0.333 e. The number of hydrogen-bond acceptors (Lipinski definition) is 6. The van der Waals surface area contributed by atoms with E-state index in [-0.39, 0.29) is 12.6 Å². The summed E-state index contributed by atoms with van der Waals surface area (Å²) in [4.78, 5) is 23.5. The Morgan fingerprint density at radius 3 is 1.96 bits per heavy atom. The number of carbonyl (C=O) groups excluding carboxylic acids is 2. The van der Waals surface area contributed by atoms with E-state index >= 15 is 0 Å². The Morgan fingerprint density at radius 2 is 1.23 bits per heavy atom. The van der Waals surface area contributed by atoms with Crippen molar-refractivity contribution in [3.05, 3.63) is 193 Å². The number of carbonyl (C=O) groups is 2. The normalized spacial score (nSPS) is 11.1. The van der Waals surface area contributed by atoms with Gasteiger partial charge in [0.1, 0.15) is 23.9 Å². The first-order valence-corrected chi connectivity index (χ1v) is 15.3. The van der Waals surface area contributed by atoms with Crippen LogP contribution in [0.4, 0.5) is 0 Å². The summed E-state index contributed by atoms with van der Waals surface area (Å²) in [7, 11) is 0. The van der Waals surface area contributed by atoms with Crippen molar-refractivity contribution in [1.29, 1.82) is 0 Å². The van der Waals surface area contributed by atoms with Crippen molar-refractivity contribution >= 4 is 28.8 Å². The highest BCUT2D eigenvalue weighted by Gasteiger charge is 2.16. The Kier molecular flexibility index (Phi) is 11.9. The highest BCUT2D eigenvalue weighted by molar-refractivity contribution is 5.94. The number of ether oxygens (including phenoxy) is 4. The fourth-order valence-corrected chi connectivity index (χ4v) is 4.63. The number of para-hydroxylation sites is 2. The third-order valence-corrected chi connectivity index (χ3v) is 6.93. The summed E-state index contributed by atoms with van der Waals surface area (Å²) in [5.74, 6) is 1.20. The van der Waals surface area contributed by atoms with Crippen LogP contribution < -0.4 is 9.47 Å². The largest absolute Gasteiger partial charge is 0.458 e. The first kappa shape index (κ1) is 33.0. The smallest absolute Gasteiger partial charge is 0.333 e. The Hall–Kier alpha value is -6.40. The third kappa shape index (κ3) is 10.1. The van der Waals surface area contributed by atoms with Gasteiger partial charge in [0.15, 0.2) is 0 Å². The summed E-state index contributed by atoms with van der Waals surface area (Å²) < 4.78 is 22.1. The maximum absolute atomic E-state index is 12.2. The van der Waals surface area contributed by atoms with Gasteiger partial charge in [-0.3, -0.25) is 0 Å². The summed E-state index contributed by atoms with van der Waals surface area (Å²) in [6, 6.07) is 49.7. The van der Waals surface area contributed by atoms with E-state index in [0.717, 1.165) is 39.3 Å². The van der Waals surface area contributed by atoms with Gasteiger partial charge < -0.3 is 18.9 Å². The van der Waals surface area contributed by atoms with Gasteiger partial charge in [-0.05, 0) is 64.4 Å². The van der Waals surface area contributed by atoms with Crippen LogP contribution in [0.15, 0.2) is 176 Å². The van der Waals surface area contributed by atoms with Gasteiger partial charge in [0.2, 0.25) is 0 Å². The van der Waals surface area contributed by atoms with Crippen LogP contribution in [-0.4, -0.2) is 11.9 Å². The molecule has 0 saturated heterocycles. The van der Waals surface area contributed by atoms with Crippen molar-refractivity contribution in [1.82, 2.24) is 0 Å². The lowest BCUT2D eigenvalue weighted by molar-refractivity contribution is -0.158. The number of rotatable bonds is 11. The van der Waals surface area contributed by atoms with Crippen LogP contribution in [0.3, 0.4) is 0 Å². The molecule has 0 saturated carbocycles. The van der Waals surface area contributed by atoms with Crippen LogP contribution in [0.1, 0.15) is 23.0 Å². The molecule has 0 aliphatic carbocycles. The molecular weight excluding hydrogens is 600 g/mol. The molecule has 0 aliphatic rings. The van der Waals surface area contributed by atoms with Gasteiger partial charge in [-0.25, -0.2) is 9.59 Å². The van der Waals surface area contributed by atoms with Gasteiger partial charge >= 0.3 is 11.9 Å². The van der Waals surface area contributed by atoms with Gasteiger partial charge in [-0.15, -0.1) is 0 Å². The first-order valence-electron chi connectivity index (χ1n) is 15.3. The lowest BCUT2D eigenvalue weighted by Gasteiger charge is -2.18. The van der Waals surface area contributed by atoms with E-state index in [9.17, 15) is 9.59 Å². The number of esters is 2. The first-order chi connectivity index (χ1) is 23.6. The molecular formula is C42H34O6. The molecule has 6 aromatic carbocycles. The summed E-state index contributed by atoms with van der Waals surface area (Å²) in [6.45, 7) is 3.57. The second-order valence-electron chi connectivity index (χ2n) is 10.4. The van der Waals surface area contributed by atoms with Gasteiger partial charge in [0, 0.05) is 17.7 Å². The molecule has 0 N–H and O–H groups in total. The molecule has 0 amide bonds.